The Kier molecular flexibility index (Phi) is 5.04. The molecule has 2 rings (SSSR count). The monoisotopic (exact) mass is 370 g/mol. The van der Waals surface area contributed by atoms with Crippen molar-refractivity contribution in [2.75, 3.05) is 21.1 Å². The number of carbonyl (C=O) groups is 2. The zero-order chi connectivity index (χ0) is 18.9. The summed E-state index contributed by atoms with van der Waals surface area (Å²) in [6, 6.07) is 2.49. The van der Waals surface area contributed by atoms with Gasteiger partial charge in [-0.15, -0.1) is 0 Å². The van der Waals surface area contributed by atoms with Gasteiger partial charge in [0.05, 0.1) is 12.1 Å². The fourth-order valence-electron chi connectivity index (χ4n) is 2.10. The molecule has 0 aliphatic carbocycles. The predicted octanol–water partition coefficient (Wildman–Crippen LogP) is 1.40. The highest BCUT2D eigenvalue weighted by atomic mass is 32.2. The molecule has 0 aromatic carbocycles. The first-order chi connectivity index (χ1) is 11.5. The molecular formula is C15H18N2O7S. The topological polar surface area (TPSA) is 121 Å². The minimum Gasteiger partial charge on any atom is -0.478 e. The second-order valence-corrected chi connectivity index (χ2v) is 7.67. The molecule has 0 unspecified atom stereocenters. The largest absolute Gasteiger partial charge is 0.478 e. The maximum Gasteiger partial charge on any atom is 0.339 e. The van der Waals surface area contributed by atoms with Gasteiger partial charge in [-0.25, -0.2) is 17.5 Å². The average Bonchev–Trinajstić information content (AvgIpc) is 3.13. The Labute approximate surface area is 144 Å². The summed E-state index contributed by atoms with van der Waals surface area (Å²) in [7, 11) is 0.410. The molecule has 0 saturated heterocycles. The van der Waals surface area contributed by atoms with Gasteiger partial charge in [-0.3, -0.25) is 4.79 Å². The minimum absolute atomic E-state index is 0.0217. The number of furan rings is 2. The van der Waals surface area contributed by atoms with Crippen molar-refractivity contribution in [3.8, 4) is 0 Å². The Hall–Kier alpha value is -2.59. The SMILES string of the molecule is Cc1oc(CN(C)C(=O)c2coc(S(=O)(=O)N(C)C)c2)cc1C(=O)O. The highest BCUT2D eigenvalue weighted by Gasteiger charge is 2.25. The molecule has 0 bridgehead atoms. The summed E-state index contributed by atoms with van der Waals surface area (Å²) in [4.78, 5) is 24.7. The van der Waals surface area contributed by atoms with Crippen LogP contribution in [0.5, 0.6) is 0 Å². The molecular weight excluding hydrogens is 352 g/mol. The van der Waals surface area contributed by atoms with E-state index in [1.807, 2.05) is 0 Å². The molecule has 25 heavy (non-hydrogen) atoms. The number of hydrogen-bond acceptors (Lipinski definition) is 6. The van der Waals surface area contributed by atoms with Crippen LogP contribution in [0.4, 0.5) is 0 Å². The van der Waals surface area contributed by atoms with Crippen LogP contribution in [0.25, 0.3) is 0 Å². The number of carboxylic acid groups (broad SMARTS) is 1. The minimum atomic E-state index is -3.77. The highest BCUT2D eigenvalue weighted by molar-refractivity contribution is 7.88. The second-order valence-electron chi connectivity index (χ2n) is 5.59. The Morgan fingerprint density at radius 3 is 2.36 bits per heavy atom. The number of aromatic carboxylic acids is 1. The van der Waals surface area contributed by atoms with Crippen molar-refractivity contribution in [3.05, 3.63) is 41.0 Å². The van der Waals surface area contributed by atoms with E-state index in [0.717, 1.165) is 16.6 Å². The molecule has 2 aromatic rings. The molecule has 2 heterocycles. The Morgan fingerprint density at radius 2 is 1.84 bits per heavy atom. The van der Waals surface area contributed by atoms with Crippen LogP contribution in [0.2, 0.25) is 0 Å². The van der Waals surface area contributed by atoms with E-state index in [-0.39, 0.29) is 28.5 Å². The molecule has 0 fully saturated rings. The van der Waals surface area contributed by atoms with Gasteiger partial charge in [0.2, 0.25) is 5.09 Å². The van der Waals surface area contributed by atoms with E-state index < -0.39 is 21.9 Å². The summed E-state index contributed by atoms with van der Waals surface area (Å²) < 4.78 is 35.2. The third kappa shape index (κ3) is 3.74. The van der Waals surface area contributed by atoms with Crippen LogP contribution in [-0.4, -0.2) is 55.7 Å². The summed E-state index contributed by atoms with van der Waals surface area (Å²) in [5, 5.41) is 8.67. The van der Waals surface area contributed by atoms with Crippen molar-refractivity contribution in [1.29, 1.82) is 0 Å². The first-order valence-corrected chi connectivity index (χ1v) is 8.57. The number of carbonyl (C=O) groups excluding carboxylic acids is 1. The maximum atomic E-state index is 12.4. The second kappa shape index (κ2) is 6.73. The number of amides is 1. The summed E-state index contributed by atoms with van der Waals surface area (Å²) in [5.41, 5.74) is 0.0863. The fourth-order valence-corrected chi connectivity index (χ4v) is 2.91. The zero-order valence-corrected chi connectivity index (χ0v) is 15.0. The van der Waals surface area contributed by atoms with Gasteiger partial charge in [0.25, 0.3) is 15.9 Å². The van der Waals surface area contributed by atoms with Crippen molar-refractivity contribution in [3.63, 3.8) is 0 Å². The number of rotatable bonds is 6. The molecule has 9 nitrogen and oxygen atoms in total. The zero-order valence-electron chi connectivity index (χ0n) is 14.1. The van der Waals surface area contributed by atoms with Gasteiger partial charge < -0.3 is 18.8 Å². The standard InChI is InChI=1S/C15H18N2O7S/c1-9-12(15(19)20)6-11(24-9)7-17(4)14(18)10-5-13(23-8-10)25(21,22)16(2)3/h5-6,8H,7H2,1-4H3,(H,19,20). The van der Waals surface area contributed by atoms with Crippen molar-refractivity contribution in [2.45, 2.75) is 18.6 Å². The van der Waals surface area contributed by atoms with Gasteiger partial charge in [0.15, 0.2) is 0 Å². The van der Waals surface area contributed by atoms with Crippen LogP contribution in [-0.2, 0) is 16.6 Å². The molecule has 2 aromatic heterocycles. The molecule has 0 aliphatic rings. The van der Waals surface area contributed by atoms with Gasteiger partial charge in [-0.05, 0) is 13.0 Å². The molecule has 136 valence electrons. The van der Waals surface area contributed by atoms with E-state index in [4.69, 9.17) is 13.9 Å². The molecule has 0 aliphatic heterocycles. The fraction of sp³-hybridized carbons (Fsp3) is 0.333. The van der Waals surface area contributed by atoms with Crippen LogP contribution in [0.3, 0.4) is 0 Å². The molecule has 1 amide bonds. The third-order valence-corrected chi connectivity index (χ3v) is 5.18. The first-order valence-electron chi connectivity index (χ1n) is 7.13. The van der Waals surface area contributed by atoms with E-state index >= 15 is 0 Å². The van der Waals surface area contributed by atoms with E-state index in [9.17, 15) is 18.0 Å². The molecule has 0 spiro atoms. The average molecular weight is 370 g/mol. The summed E-state index contributed by atoms with van der Waals surface area (Å²) in [6.07, 6.45) is 1.06. The maximum absolute atomic E-state index is 12.4. The number of sulfonamides is 1. The van der Waals surface area contributed by atoms with Gasteiger partial charge in [0, 0.05) is 27.2 Å². The Morgan fingerprint density at radius 1 is 1.20 bits per heavy atom. The lowest BCUT2D eigenvalue weighted by Gasteiger charge is -2.14. The van der Waals surface area contributed by atoms with Crippen molar-refractivity contribution >= 4 is 21.9 Å². The van der Waals surface area contributed by atoms with Crippen LogP contribution in [0.15, 0.2) is 32.3 Å². The van der Waals surface area contributed by atoms with E-state index in [0.29, 0.717) is 5.76 Å². The van der Waals surface area contributed by atoms with E-state index in [1.54, 1.807) is 0 Å². The summed E-state index contributed by atoms with van der Waals surface area (Å²) in [6.45, 7) is 1.54. The van der Waals surface area contributed by atoms with Gasteiger partial charge in [-0.2, -0.15) is 0 Å². The molecule has 0 atom stereocenters. The number of nitrogens with zero attached hydrogens (tertiary/aromatic N) is 2. The number of hydrogen-bond donors (Lipinski definition) is 1. The Balaban J connectivity index is 2.17. The lowest BCUT2D eigenvalue weighted by Crippen LogP contribution is -2.25. The van der Waals surface area contributed by atoms with Crippen molar-refractivity contribution < 1.29 is 31.9 Å². The summed E-state index contributed by atoms with van der Waals surface area (Å²) >= 11 is 0. The number of aryl methyl sites for hydroxylation is 1. The quantitative estimate of drug-likeness (QED) is 0.815. The van der Waals surface area contributed by atoms with Crippen LogP contribution in [0, 0.1) is 6.92 Å². The van der Waals surface area contributed by atoms with Crippen molar-refractivity contribution in [2.24, 2.45) is 0 Å². The molecule has 10 heteroatoms. The smallest absolute Gasteiger partial charge is 0.339 e. The van der Waals surface area contributed by atoms with Gasteiger partial charge >= 0.3 is 5.97 Å². The van der Waals surface area contributed by atoms with Crippen LogP contribution >= 0.6 is 0 Å². The Bertz CT molecular complexity index is 908. The lowest BCUT2D eigenvalue weighted by molar-refractivity contribution is 0.0694. The van der Waals surface area contributed by atoms with Gasteiger partial charge in [0.1, 0.15) is 23.3 Å². The normalized spacial score (nSPS) is 11.7. The third-order valence-electron chi connectivity index (χ3n) is 3.50. The van der Waals surface area contributed by atoms with Crippen LogP contribution < -0.4 is 0 Å². The molecule has 0 saturated carbocycles. The van der Waals surface area contributed by atoms with E-state index in [2.05, 4.69) is 0 Å². The van der Waals surface area contributed by atoms with E-state index in [1.165, 1.54) is 39.0 Å². The van der Waals surface area contributed by atoms with Crippen molar-refractivity contribution in [1.82, 2.24) is 9.21 Å². The van der Waals surface area contributed by atoms with Crippen LogP contribution in [0.1, 0.15) is 32.2 Å². The number of carboxylic acids is 1. The first kappa shape index (κ1) is 18.7. The summed E-state index contributed by atoms with van der Waals surface area (Å²) in [5.74, 6) is -1.06. The van der Waals surface area contributed by atoms with Gasteiger partial charge in [-0.1, -0.05) is 0 Å². The highest BCUT2D eigenvalue weighted by Crippen LogP contribution is 2.20. The predicted molar refractivity (Wildman–Crippen MR) is 85.8 cm³/mol. The molecule has 1 N–H and O–H groups in total. The molecule has 0 radical (unpaired) electrons. The lowest BCUT2D eigenvalue weighted by atomic mass is 10.2.